The summed E-state index contributed by atoms with van der Waals surface area (Å²) in [5.74, 6) is -1.23. The molecule has 1 rings (SSSR count). The van der Waals surface area contributed by atoms with Crippen LogP contribution in [0, 0.1) is 15.9 Å². The molecule has 0 aliphatic carbocycles. The van der Waals surface area contributed by atoms with Gasteiger partial charge in [0.2, 0.25) is 10.0 Å². The number of nitrogens with two attached hydrogens (primary N) is 1. The van der Waals surface area contributed by atoms with Crippen molar-refractivity contribution in [2.75, 3.05) is 19.3 Å². The molecule has 7 nitrogen and oxygen atoms in total. The number of hydrogen-bond acceptors (Lipinski definition) is 5. The summed E-state index contributed by atoms with van der Waals surface area (Å²) < 4.78 is 38.9. The summed E-state index contributed by atoms with van der Waals surface area (Å²) in [5, 5.41) is 10.5. The lowest BCUT2D eigenvalue weighted by Crippen LogP contribution is -2.29. The van der Waals surface area contributed by atoms with Crippen LogP contribution < -0.4 is 5.73 Å². The average Bonchev–Trinajstić information content (AvgIpc) is 2.27. The van der Waals surface area contributed by atoms with Gasteiger partial charge in [-0.15, -0.1) is 0 Å². The highest BCUT2D eigenvalue weighted by Crippen LogP contribution is 2.29. The van der Waals surface area contributed by atoms with E-state index in [2.05, 4.69) is 0 Å². The molecule has 0 atom stereocenters. The number of sulfonamides is 1. The molecule has 9 heteroatoms. The number of nitrogens with zero attached hydrogens (tertiary/aromatic N) is 2. The second-order valence-electron chi connectivity index (χ2n) is 3.93. The van der Waals surface area contributed by atoms with Crippen LogP contribution >= 0.6 is 0 Å². The molecule has 0 aliphatic heterocycles. The maximum Gasteiger partial charge on any atom is 0.274 e. The van der Waals surface area contributed by atoms with E-state index in [9.17, 15) is 22.9 Å². The van der Waals surface area contributed by atoms with E-state index >= 15 is 0 Å². The predicted molar refractivity (Wildman–Crippen MR) is 67.6 cm³/mol. The predicted octanol–water partition coefficient (Wildman–Crippen LogP) is 1.35. The third-order valence-electron chi connectivity index (χ3n) is 2.47. The zero-order chi connectivity index (χ0) is 14.8. The Kier molecular flexibility index (Phi) is 4.43. The van der Waals surface area contributed by atoms with E-state index < -0.39 is 37.0 Å². The summed E-state index contributed by atoms with van der Waals surface area (Å²) >= 11 is 0. The van der Waals surface area contributed by atoms with Crippen LogP contribution in [0.2, 0.25) is 0 Å². The van der Waals surface area contributed by atoms with Crippen LogP contribution in [0.3, 0.4) is 0 Å². The molecule has 106 valence electrons. The molecule has 0 aliphatic rings. The van der Waals surface area contributed by atoms with E-state index in [0.717, 1.165) is 10.4 Å². The van der Waals surface area contributed by atoms with E-state index in [-0.39, 0.29) is 6.54 Å². The van der Waals surface area contributed by atoms with Gasteiger partial charge in [-0.05, 0) is 6.42 Å². The van der Waals surface area contributed by atoms with Crippen molar-refractivity contribution in [1.82, 2.24) is 4.31 Å². The third-order valence-corrected chi connectivity index (χ3v) is 4.42. The SMILES string of the molecule is CCCN(C)S(=O)(=O)c1c(N)cc([N+](=O)[O-])cc1F. The zero-order valence-electron chi connectivity index (χ0n) is 10.5. The smallest absolute Gasteiger partial charge is 0.274 e. The number of non-ortho nitro benzene ring substituents is 1. The first-order chi connectivity index (χ1) is 8.71. The normalized spacial score (nSPS) is 11.8. The Hall–Kier alpha value is -1.74. The Morgan fingerprint density at radius 3 is 2.47 bits per heavy atom. The second kappa shape index (κ2) is 5.49. The van der Waals surface area contributed by atoms with Gasteiger partial charge in [-0.1, -0.05) is 6.92 Å². The molecule has 0 fully saturated rings. The Bertz CT molecular complexity index is 580. The molecule has 19 heavy (non-hydrogen) atoms. The van der Waals surface area contributed by atoms with E-state index in [1.165, 1.54) is 7.05 Å². The molecule has 0 radical (unpaired) electrons. The lowest BCUT2D eigenvalue weighted by molar-refractivity contribution is -0.385. The number of anilines is 1. The molecule has 0 saturated carbocycles. The Morgan fingerprint density at radius 2 is 2.05 bits per heavy atom. The van der Waals surface area contributed by atoms with E-state index in [0.29, 0.717) is 12.5 Å². The highest BCUT2D eigenvalue weighted by molar-refractivity contribution is 7.89. The van der Waals surface area contributed by atoms with Crippen molar-refractivity contribution in [2.24, 2.45) is 0 Å². The van der Waals surface area contributed by atoms with Gasteiger partial charge in [0.1, 0.15) is 4.90 Å². The van der Waals surface area contributed by atoms with Crippen LogP contribution in [0.15, 0.2) is 17.0 Å². The fourth-order valence-electron chi connectivity index (χ4n) is 1.57. The van der Waals surface area contributed by atoms with E-state index in [4.69, 9.17) is 5.73 Å². The average molecular weight is 291 g/mol. The summed E-state index contributed by atoms with van der Waals surface area (Å²) in [4.78, 5) is 8.96. The van der Waals surface area contributed by atoms with E-state index in [1.807, 2.05) is 0 Å². The summed E-state index contributed by atoms with van der Waals surface area (Å²) in [6.07, 6.45) is 0.546. The molecule has 0 bridgehead atoms. The Balaban J connectivity index is 3.40. The van der Waals surface area contributed by atoms with Gasteiger partial charge in [-0.25, -0.2) is 17.1 Å². The zero-order valence-corrected chi connectivity index (χ0v) is 11.3. The quantitative estimate of drug-likeness (QED) is 0.500. The van der Waals surface area contributed by atoms with Crippen molar-refractivity contribution in [1.29, 1.82) is 0 Å². The number of nitro benzene ring substituents is 1. The number of benzene rings is 1. The van der Waals surface area contributed by atoms with Crippen molar-refractivity contribution in [3.8, 4) is 0 Å². The third kappa shape index (κ3) is 2.99. The summed E-state index contributed by atoms with van der Waals surface area (Å²) in [6.45, 7) is 1.96. The maximum absolute atomic E-state index is 13.8. The van der Waals surface area contributed by atoms with Gasteiger partial charge in [-0.2, -0.15) is 0 Å². The minimum atomic E-state index is -4.09. The largest absolute Gasteiger partial charge is 0.397 e. The maximum atomic E-state index is 13.8. The summed E-state index contributed by atoms with van der Waals surface area (Å²) in [7, 11) is -2.80. The minimum Gasteiger partial charge on any atom is -0.397 e. The van der Waals surface area contributed by atoms with Crippen molar-refractivity contribution >= 4 is 21.4 Å². The Labute approximate surface area is 110 Å². The van der Waals surface area contributed by atoms with Gasteiger partial charge in [0.15, 0.2) is 5.82 Å². The van der Waals surface area contributed by atoms with Crippen LogP contribution in [-0.2, 0) is 10.0 Å². The first-order valence-corrected chi connectivity index (χ1v) is 6.85. The summed E-state index contributed by atoms with van der Waals surface area (Å²) in [6, 6.07) is 1.37. The molecule has 0 saturated heterocycles. The lowest BCUT2D eigenvalue weighted by Gasteiger charge is -2.17. The van der Waals surface area contributed by atoms with Crippen LogP contribution in [0.5, 0.6) is 0 Å². The van der Waals surface area contributed by atoms with Gasteiger partial charge in [0, 0.05) is 19.7 Å². The molecule has 0 unspecified atom stereocenters. The van der Waals surface area contributed by atoms with Crippen LogP contribution in [-0.4, -0.2) is 31.2 Å². The monoisotopic (exact) mass is 291 g/mol. The van der Waals surface area contributed by atoms with Crippen molar-refractivity contribution in [2.45, 2.75) is 18.2 Å². The number of hydrogen-bond donors (Lipinski definition) is 1. The molecule has 0 amide bonds. The molecule has 1 aromatic carbocycles. The molecule has 1 aromatic rings. The molecular weight excluding hydrogens is 277 g/mol. The second-order valence-corrected chi connectivity index (χ2v) is 5.91. The fraction of sp³-hybridized carbons (Fsp3) is 0.400. The fourth-order valence-corrected chi connectivity index (χ4v) is 2.97. The van der Waals surface area contributed by atoms with Crippen molar-refractivity contribution in [3.05, 3.63) is 28.1 Å². The number of nitro groups is 1. The molecule has 0 heterocycles. The van der Waals surface area contributed by atoms with Gasteiger partial charge in [-0.3, -0.25) is 10.1 Å². The van der Waals surface area contributed by atoms with E-state index in [1.54, 1.807) is 6.92 Å². The highest BCUT2D eigenvalue weighted by atomic mass is 32.2. The number of halogens is 1. The standard InChI is InChI=1S/C10H14FN3O4S/c1-3-4-13(2)19(17,18)10-8(11)5-7(14(15)16)6-9(10)12/h5-6H,3-4,12H2,1-2H3. The highest BCUT2D eigenvalue weighted by Gasteiger charge is 2.28. The first kappa shape index (κ1) is 15.3. The van der Waals surface area contributed by atoms with Crippen molar-refractivity contribution < 1.29 is 17.7 Å². The molecular formula is C10H14FN3O4S. The van der Waals surface area contributed by atoms with Crippen LogP contribution in [0.1, 0.15) is 13.3 Å². The number of rotatable bonds is 5. The molecule has 0 spiro atoms. The van der Waals surface area contributed by atoms with Crippen LogP contribution in [0.25, 0.3) is 0 Å². The minimum absolute atomic E-state index is 0.193. The summed E-state index contributed by atoms with van der Waals surface area (Å²) in [5.41, 5.74) is 4.36. The van der Waals surface area contributed by atoms with Gasteiger partial charge >= 0.3 is 0 Å². The molecule has 2 N–H and O–H groups in total. The molecule has 0 aromatic heterocycles. The Morgan fingerprint density at radius 1 is 1.47 bits per heavy atom. The number of nitrogen functional groups attached to an aromatic ring is 1. The van der Waals surface area contributed by atoms with Crippen LogP contribution in [0.4, 0.5) is 15.8 Å². The first-order valence-electron chi connectivity index (χ1n) is 5.41. The van der Waals surface area contributed by atoms with Crippen molar-refractivity contribution in [3.63, 3.8) is 0 Å². The lowest BCUT2D eigenvalue weighted by atomic mass is 10.3. The van der Waals surface area contributed by atoms with Gasteiger partial charge in [0.05, 0.1) is 16.7 Å². The van der Waals surface area contributed by atoms with Gasteiger partial charge < -0.3 is 5.73 Å². The van der Waals surface area contributed by atoms with Gasteiger partial charge in [0.25, 0.3) is 5.69 Å². The topological polar surface area (TPSA) is 107 Å².